The van der Waals surface area contributed by atoms with Gasteiger partial charge in [0.05, 0.1) is 11.4 Å². The first-order valence-corrected chi connectivity index (χ1v) is 11.1. The molecule has 0 saturated carbocycles. The monoisotopic (exact) mass is 414 g/mol. The Morgan fingerprint density at radius 3 is 2.46 bits per heavy atom. The van der Waals surface area contributed by atoms with Gasteiger partial charge in [0, 0.05) is 16.1 Å². The number of benzene rings is 2. The van der Waals surface area contributed by atoms with Crippen molar-refractivity contribution in [2.45, 2.75) is 32.2 Å². The van der Waals surface area contributed by atoms with Gasteiger partial charge in [-0.2, -0.15) is 0 Å². The van der Waals surface area contributed by atoms with Crippen LogP contribution in [0.1, 0.15) is 31.9 Å². The lowest BCUT2D eigenvalue weighted by Gasteiger charge is -2.12. The fourth-order valence-electron chi connectivity index (χ4n) is 2.78. The van der Waals surface area contributed by atoms with E-state index in [1.807, 2.05) is 31.4 Å². The predicted octanol–water partition coefficient (Wildman–Crippen LogP) is 4.40. The van der Waals surface area contributed by atoms with Gasteiger partial charge in [-0.1, -0.05) is 18.2 Å². The highest BCUT2D eigenvalue weighted by molar-refractivity contribution is 7.92. The first kappa shape index (κ1) is 20.1. The van der Waals surface area contributed by atoms with Crippen LogP contribution in [-0.2, 0) is 16.6 Å². The maximum atomic E-state index is 12.7. The van der Waals surface area contributed by atoms with Crippen LogP contribution < -0.4 is 10.0 Å². The van der Waals surface area contributed by atoms with E-state index in [1.165, 1.54) is 12.1 Å². The number of hydrogen-bond donors (Lipinski definition) is 2. The van der Waals surface area contributed by atoms with Gasteiger partial charge in [-0.3, -0.25) is 9.52 Å². The molecule has 0 unspecified atom stereocenters. The summed E-state index contributed by atoms with van der Waals surface area (Å²) in [6.07, 6.45) is 0. The molecule has 0 aliphatic rings. The van der Waals surface area contributed by atoms with E-state index in [4.69, 9.17) is 0 Å². The first-order valence-electron chi connectivity index (χ1n) is 8.77. The highest BCUT2D eigenvalue weighted by Gasteiger charge is 2.18. The van der Waals surface area contributed by atoms with Crippen LogP contribution in [0.3, 0.4) is 0 Å². The third-order valence-corrected chi connectivity index (χ3v) is 6.81. The van der Waals surface area contributed by atoms with Crippen molar-refractivity contribution in [1.29, 1.82) is 0 Å². The van der Waals surface area contributed by atoms with Crippen molar-refractivity contribution >= 4 is 33.0 Å². The predicted molar refractivity (Wildman–Crippen MR) is 113 cm³/mol. The minimum absolute atomic E-state index is 0.0528. The Hall–Kier alpha value is -2.64. The number of hydrogen-bond acceptors (Lipinski definition) is 4. The molecule has 0 radical (unpaired) electrons. The number of amides is 1. The fourth-order valence-corrected chi connectivity index (χ4v) is 4.70. The van der Waals surface area contributed by atoms with Crippen LogP contribution in [0.5, 0.6) is 0 Å². The van der Waals surface area contributed by atoms with E-state index in [1.54, 1.807) is 42.5 Å². The summed E-state index contributed by atoms with van der Waals surface area (Å²) in [6, 6.07) is 13.7. The Morgan fingerprint density at radius 1 is 1.00 bits per heavy atom. The summed E-state index contributed by atoms with van der Waals surface area (Å²) < 4.78 is 28.1. The molecule has 2 N–H and O–H groups in total. The highest BCUT2D eigenvalue weighted by atomic mass is 32.2. The van der Waals surface area contributed by atoms with Crippen LogP contribution in [0.25, 0.3) is 0 Å². The van der Waals surface area contributed by atoms with E-state index in [9.17, 15) is 13.2 Å². The molecule has 0 aliphatic heterocycles. The van der Waals surface area contributed by atoms with E-state index in [-0.39, 0.29) is 10.8 Å². The number of sulfonamides is 1. The lowest BCUT2D eigenvalue weighted by atomic mass is 10.1. The molecule has 0 aliphatic carbocycles. The van der Waals surface area contributed by atoms with Gasteiger partial charge < -0.3 is 5.32 Å². The topological polar surface area (TPSA) is 75.3 Å². The van der Waals surface area contributed by atoms with E-state index < -0.39 is 10.0 Å². The molecule has 146 valence electrons. The molecule has 1 amide bonds. The largest absolute Gasteiger partial charge is 0.347 e. The normalized spacial score (nSPS) is 11.2. The molecule has 3 aromatic rings. The molecule has 1 heterocycles. The number of rotatable bonds is 6. The van der Waals surface area contributed by atoms with Crippen LogP contribution in [-0.4, -0.2) is 14.3 Å². The summed E-state index contributed by atoms with van der Waals surface area (Å²) in [6.45, 7) is 6.09. The molecule has 28 heavy (non-hydrogen) atoms. The van der Waals surface area contributed by atoms with Crippen LogP contribution >= 0.6 is 11.3 Å². The van der Waals surface area contributed by atoms with Crippen LogP contribution in [0.2, 0.25) is 0 Å². The summed E-state index contributed by atoms with van der Waals surface area (Å²) in [5, 5.41) is 4.85. The maximum Gasteiger partial charge on any atom is 0.261 e. The van der Waals surface area contributed by atoms with Crippen molar-refractivity contribution < 1.29 is 13.2 Å². The van der Waals surface area contributed by atoms with Gasteiger partial charge in [0.25, 0.3) is 15.9 Å². The van der Waals surface area contributed by atoms with E-state index in [2.05, 4.69) is 10.0 Å². The maximum absolute atomic E-state index is 12.7. The second-order valence-electron chi connectivity index (χ2n) is 6.66. The molecule has 3 rings (SSSR count). The van der Waals surface area contributed by atoms with Gasteiger partial charge >= 0.3 is 0 Å². The molecule has 2 aromatic carbocycles. The molecule has 5 nitrogen and oxygen atoms in total. The summed E-state index contributed by atoms with van der Waals surface area (Å²) >= 11 is 1.58. The Bertz CT molecular complexity index is 1120. The van der Waals surface area contributed by atoms with Crippen molar-refractivity contribution in [3.05, 3.63) is 81.0 Å². The van der Waals surface area contributed by atoms with Crippen molar-refractivity contribution in [3.8, 4) is 0 Å². The molecule has 0 saturated heterocycles. The van der Waals surface area contributed by atoms with Gasteiger partial charge in [0.15, 0.2) is 0 Å². The molecule has 0 bridgehead atoms. The molecule has 0 atom stereocenters. The number of carbonyl (C=O) groups excluding carboxylic acids is 1. The van der Waals surface area contributed by atoms with Gasteiger partial charge in [0.2, 0.25) is 0 Å². The lowest BCUT2D eigenvalue weighted by Crippen LogP contribution is -2.24. The lowest BCUT2D eigenvalue weighted by molar-refractivity contribution is 0.0950. The van der Waals surface area contributed by atoms with Gasteiger partial charge in [0.1, 0.15) is 0 Å². The molecular weight excluding hydrogens is 392 g/mol. The van der Waals surface area contributed by atoms with Crippen LogP contribution in [0.4, 0.5) is 5.69 Å². The third-order valence-electron chi connectivity index (χ3n) is 4.41. The molecule has 0 fully saturated rings. The SMILES string of the molecule is Cc1cccc(NS(=O)(=O)c2ccc(C)c(C(=O)NCc3sccc3C)c2)c1. The van der Waals surface area contributed by atoms with Crippen molar-refractivity contribution in [2.75, 3.05) is 4.72 Å². The minimum atomic E-state index is -3.80. The Morgan fingerprint density at radius 2 is 1.79 bits per heavy atom. The quantitative estimate of drug-likeness (QED) is 0.628. The van der Waals surface area contributed by atoms with Gasteiger partial charge in [-0.25, -0.2) is 8.42 Å². The van der Waals surface area contributed by atoms with Crippen LogP contribution in [0, 0.1) is 20.8 Å². The van der Waals surface area contributed by atoms with E-state index in [0.717, 1.165) is 21.6 Å². The van der Waals surface area contributed by atoms with E-state index in [0.29, 0.717) is 17.8 Å². The Kier molecular flexibility index (Phi) is 5.86. The number of anilines is 1. The fraction of sp³-hybridized carbons (Fsp3) is 0.190. The second-order valence-corrected chi connectivity index (χ2v) is 9.34. The zero-order chi connectivity index (χ0) is 20.3. The minimum Gasteiger partial charge on any atom is -0.347 e. The molecule has 1 aromatic heterocycles. The zero-order valence-corrected chi connectivity index (χ0v) is 17.6. The number of nitrogens with one attached hydrogen (secondary N) is 2. The average molecular weight is 415 g/mol. The van der Waals surface area contributed by atoms with Crippen molar-refractivity contribution in [1.82, 2.24) is 5.32 Å². The summed E-state index contributed by atoms with van der Waals surface area (Å²) in [7, 11) is -3.80. The third kappa shape index (κ3) is 4.61. The standard InChI is InChI=1S/C21H22N2O3S2/c1-14-5-4-6-17(11-14)23-28(25,26)18-8-7-15(2)19(12-18)21(24)22-13-20-16(3)9-10-27-20/h4-12,23H,13H2,1-3H3,(H,22,24). The van der Waals surface area contributed by atoms with Crippen molar-refractivity contribution in [3.63, 3.8) is 0 Å². The summed E-state index contributed by atoms with van der Waals surface area (Å²) in [5.41, 5.74) is 3.63. The summed E-state index contributed by atoms with van der Waals surface area (Å²) in [5.74, 6) is -0.294. The number of carbonyl (C=O) groups is 1. The molecular formula is C21H22N2O3S2. The van der Waals surface area contributed by atoms with Gasteiger partial charge in [-0.15, -0.1) is 11.3 Å². The molecule has 7 heteroatoms. The highest BCUT2D eigenvalue weighted by Crippen LogP contribution is 2.21. The summed E-state index contributed by atoms with van der Waals surface area (Å²) in [4.78, 5) is 13.8. The zero-order valence-electron chi connectivity index (χ0n) is 15.9. The molecule has 0 spiro atoms. The van der Waals surface area contributed by atoms with Crippen molar-refractivity contribution in [2.24, 2.45) is 0 Å². The van der Waals surface area contributed by atoms with E-state index >= 15 is 0 Å². The van der Waals surface area contributed by atoms with Crippen LogP contribution in [0.15, 0.2) is 58.8 Å². The Balaban J connectivity index is 1.81. The number of thiophene rings is 1. The van der Waals surface area contributed by atoms with Gasteiger partial charge in [-0.05, 0) is 73.2 Å². The first-order chi connectivity index (χ1) is 13.3. The smallest absolute Gasteiger partial charge is 0.261 e. The number of aryl methyl sites for hydroxylation is 3. The Labute approximate surface area is 169 Å². The average Bonchev–Trinajstić information content (AvgIpc) is 3.04. The second kappa shape index (κ2) is 8.16.